The van der Waals surface area contributed by atoms with Crippen LogP contribution in [0.5, 0.6) is 0 Å². The topological polar surface area (TPSA) is 63.7 Å². The number of esters is 1. The molecule has 2 fully saturated rings. The molecule has 0 spiro atoms. The molecule has 2 amide bonds. The summed E-state index contributed by atoms with van der Waals surface area (Å²) in [5, 5.41) is 0. The summed E-state index contributed by atoms with van der Waals surface area (Å²) < 4.78 is 42.2. The highest BCUT2D eigenvalue weighted by Crippen LogP contribution is 2.32. The first-order valence-electron chi connectivity index (χ1n) is 6.55. The smallest absolute Gasteiger partial charge is 0.421 e. The lowest BCUT2D eigenvalue weighted by Gasteiger charge is -2.38. The van der Waals surface area contributed by atoms with Gasteiger partial charge in [0.15, 0.2) is 6.23 Å². The number of hydrogen-bond donors (Lipinski definition) is 0. The lowest BCUT2D eigenvalue weighted by molar-refractivity contribution is -0.190. The zero-order chi connectivity index (χ0) is 15.8. The van der Waals surface area contributed by atoms with Crippen LogP contribution in [0.2, 0.25) is 0 Å². The number of β-lactam (4-membered cyclic amide) rings is 1. The van der Waals surface area contributed by atoms with Gasteiger partial charge in [-0.15, -0.1) is 0 Å². The van der Waals surface area contributed by atoms with Gasteiger partial charge in [0.05, 0.1) is 12.3 Å². The number of carbonyl (C=O) groups excluding carboxylic acids is 3. The first-order chi connectivity index (χ1) is 9.71. The minimum atomic E-state index is -4.92. The third kappa shape index (κ3) is 3.08. The Morgan fingerprint density at radius 3 is 2.29 bits per heavy atom. The van der Waals surface area contributed by atoms with Crippen LogP contribution in [0.4, 0.5) is 13.2 Å². The van der Waals surface area contributed by atoms with Crippen molar-refractivity contribution in [3.63, 3.8) is 0 Å². The Labute approximate surface area is 118 Å². The summed E-state index contributed by atoms with van der Waals surface area (Å²) in [5.41, 5.74) is -1.66. The Balaban J connectivity index is 1.99. The van der Waals surface area contributed by atoms with Gasteiger partial charge in [0.25, 0.3) is 5.91 Å². The van der Waals surface area contributed by atoms with Crippen molar-refractivity contribution in [3.8, 4) is 0 Å². The van der Waals surface area contributed by atoms with E-state index < -0.39 is 35.8 Å². The molecule has 2 rings (SSSR count). The van der Waals surface area contributed by atoms with E-state index in [0.717, 1.165) is 12.8 Å². The molecule has 1 aliphatic heterocycles. The summed E-state index contributed by atoms with van der Waals surface area (Å²) in [7, 11) is 0. The Bertz CT molecular complexity index is 494. The summed E-state index contributed by atoms with van der Waals surface area (Å²) in [5.74, 6) is -3.25. The van der Waals surface area contributed by atoms with E-state index in [1.165, 1.54) is 0 Å². The van der Waals surface area contributed by atoms with E-state index in [4.69, 9.17) is 4.74 Å². The predicted octanol–water partition coefficient (Wildman–Crippen LogP) is 1.92. The minimum absolute atomic E-state index is 0.282. The van der Waals surface area contributed by atoms with Gasteiger partial charge in [-0.25, -0.2) is 4.90 Å². The van der Waals surface area contributed by atoms with E-state index in [-0.39, 0.29) is 12.3 Å². The second-order valence-corrected chi connectivity index (χ2v) is 5.12. The summed E-state index contributed by atoms with van der Waals surface area (Å²) >= 11 is 0. The molecule has 5 nitrogen and oxygen atoms in total. The second-order valence-electron chi connectivity index (χ2n) is 5.12. The maximum absolute atomic E-state index is 12.4. The molecule has 0 aromatic carbocycles. The minimum Gasteiger partial charge on any atom is -0.440 e. The van der Waals surface area contributed by atoms with Crippen LogP contribution in [-0.4, -0.2) is 35.1 Å². The van der Waals surface area contributed by atoms with Crippen LogP contribution >= 0.6 is 0 Å². The van der Waals surface area contributed by atoms with Crippen LogP contribution in [0.3, 0.4) is 0 Å². The number of likely N-dealkylation sites (tertiary alicyclic amines) is 1. The Kier molecular flexibility index (Phi) is 4.06. The zero-order valence-electron chi connectivity index (χ0n) is 11.1. The highest BCUT2D eigenvalue weighted by atomic mass is 19.4. The first kappa shape index (κ1) is 15.5. The number of imide groups is 1. The number of hydrogen-bond acceptors (Lipinski definition) is 4. The molecule has 0 N–H and O–H groups in total. The number of carbonyl (C=O) groups is 3. The molecule has 1 atom stereocenters. The third-order valence-electron chi connectivity index (χ3n) is 3.67. The van der Waals surface area contributed by atoms with Crippen LogP contribution in [0.1, 0.15) is 32.1 Å². The molecular formula is C13H14F3NO4. The highest BCUT2D eigenvalue weighted by Gasteiger charge is 2.49. The molecule has 0 aromatic rings. The summed E-state index contributed by atoms with van der Waals surface area (Å²) in [6, 6.07) is 0. The normalized spacial score (nSPS) is 22.9. The number of amides is 2. The fraction of sp³-hybridized carbons (Fsp3) is 0.615. The largest absolute Gasteiger partial charge is 0.440 e. The van der Waals surface area contributed by atoms with Crippen molar-refractivity contribution in [1.82, 2.24) is 4.90 Å². The average molecular weight is 305 g/mol. The lowest BCUT2D eigenvalue weighted by atomic mass is 10.1. The molecule has 0 radical (unpaired) electrons. The van der Waals surface area contributed by atoms with Gasteiger partial charge in [-0.3, -0.25) is 14.4 Å². The molecule has 1 saturated carbocycles. The monoisotopic (exact) mass is 305 g/mol. The number of halogens is 3. The summed E-state index contributed by atoms with van der Waals surface area (Å²) in [6.07, 6.45) is -3.38. The van der Waals surface area contributed by atoms with Gasteiger partial charge >= 0.3 is 12.1 Å². The predicted molar refractivity (Wildman–Crippen MR) is 63.5 cm³/mol. The number of alkyl halides is 3. The van der Waals surface area contributed by atoms with E-state index in [9.17, 15) is 27.6 Å². The van der Waals surface area contributed by atoms with Crippen molar-refractivity contribution in [2.24, 2.45) is 5.92 Å². The first-order valence-corrected chi connectivity index (χ1v) is 6.55. The Morgan fingerprint density at radius 2 is 1.81 bits per heavy atom. The van der Waals surface area contributed by atoms with E-state index in [1.807, 2.05) is 0 Å². The van der Waals surface area contributed by atoms with Crippen molar-refractivity contribution < 1.29 is 32.3 Å². The van der Waals surface area contributed by atoms with E-state index in [1.54, 1.807) is 0 Å². The molecule has 0 bridgehead atoms. The molecule has 2 aliphatic rings. The van der Waals surface area contributed by atoms with Crippen LogP contribution in [0, 0.1) is 5.92 Å². The third-order valence-corrected chi connectivity index (χ3v) is 3.67. The van der Waals surface area contributed by atoms with Crippen molar-refractivity contribution in [2.75, 3.05) is 0 Å². The van der Waals surface area contributed by atoms with Gasteiger partial charge in [0.2, 0.25) is 5.91 Å². The number of rotatable bonds is 3. The molecule has 21 heavy (non-hydrogen) atoms. The van der Waals surface area contributed by atoms with Gasteiger partial charge in [-0.1, -0.05) is 19.4 Å². The maximum atomic E-state index is 12.4. The molecule has 1 saturated heterocycles. The quantitative estimate of drug-likeness (QED) is 0.454. The standard InChI is InChI=1S/C13H14F3NO4/c1-7(13(14,15)16)11(19)17-9(18)6-10(17)21-12(20)8-4-2-3-5-8/h8,10H,1-6H2. The van der Waals surface area contributed by atoms with Gasteiger partial charge < -0.3 is 4.74 Å². The fourth-order valence-corrected chi connectivity index (χ4v) is 2.38. The Morgan fingerprint density at radius 1 is 1.24 bits per heavy atom. The van der Waals surface area contributed by atoms with Crippen LogP contribution < -0.4 is 0 Å². The van der Waals surface area contributed by atoms with E-state index in [2.05, 4.69) is 6.58 Å². The number of ether oxygens (including phenoxy) is 1. The van der Waals surface area contributed by atoms with Crippen molar-refractivity contribution in [3.05, 3.63) is 12.2 Å². The van der Waals surface area contributed by atoms with Gasteiger partial charge in [-0.2, -0.15) is 13.2 Å². The van der Waals surface area contributed by atoms with Gasteiger partial charge in [0.1, 0.15) is 5.57 Å². The molecular weight excluding hydrogens is 291 g/mol. The second kappa shape index (κ2) is 5.50. The lowest BCUT2D eigenvalue weighted by Crippen LogP contribution is -2.58. The van der Waals surface area contributed by atoms with Crippen LogP contribution in [-0.2, 0) is 19.1 Å². The molecule has 116 valence electrons. The van der Waals surface area contributed by atoms with Crippen LogP contribution in [0.15, 0.2) is 12.2 Å². The van der Waals surface area contributed by atoms with Gasteiger partial charge in [0, 0.05) is 0 Å². The summed E-state index contributed by atoms with van der Waals surface area (Å²) in [6.45, 7) is 2.65. The van der Waals surface area contributed by atoms with Crippen molar-refractivity contribution >= 4 is 17.8 Å². The average Bonchev–Trinajstić information content (AvgIpc) is 2.89. The maximum Gasteiger partial charge on any atom is 0.421 e. The fourth-order valence-electron chi connectivity index (χ4n) is 2.38. The SMILES string of the molecule is C=C(C(=O)N1C(=O)CC1OC(=O)C1CCCC1)C(F)(F)F. The van der Waals surface area contributed by atoms with Crippen LogP contribution in [0.25, 0.3) is 0 Å². The van der Waals surface area contributed by atoms with Crippen molar-refractivity contribution in [1.29, 1.82) is 0 Å². The molecule has 8 heteroatoms. The molecule has 1 unspecified atom stereocenters. The number of nitrogens with zero attached hydrogens (tertiary/aromatic N) is 1. The van der Waals surface area contributed by atoms with E-state index >= 15 is 0 Å². The van der Waals surface area contributed by atoms with Gasteiger partial charge in [-0.05, 0) is 12.8 Å². The highest BCUT2D eigenvalue weighted by molar-refractivity contribution is 6.08. The van der Waals surface area contributed by atoms with E-state index in [0.29, 0.717) is 17.7 Å². The molecule has 0 aromatic heterocycles. The zero-order valence-corrected chi connectivity index (χ0v) is 11.1. The Hall–Kier alpha value is -1.86. The molecule has 1 aliphatic carbocycles. The van der Waals surface area contributed by atoms with Crippen molar-refractivity contribution in [2.45, 2.75) is 44.5 Å². The molecule has 1 heterocycles. The summed E-state index contributed by atoms with van der Waals surface area (Å²) in [4.78, 5) is 35.0.